The van der Waals surface area contributed by atoms with Crippen molar-refractivity contribution in [1.29, 1.82) is 0 Å². The molecule has 4 nitrogen and oxygen atoms in total. The molecular formula is C12H13Cl2N3O. The molecule has 0 saturated heterocycles. The molecule has 3 rings (SSSR count). The number of nitrogens with one attached hydrogen (secondary N) is 1. The van der Waals surface area contributed by atoms with Crippen LogP contribution in [-0.4, -0.2) is 15.9 Å². The zero-order valence-electron chi connectivity index (χ0n) is 9.70. The van der Waals surface area contributed by atoms with E-state index in [4.69, 9.17) is 23.2 Å². The molecule has 0 aliphatic heterocycles. The average Bonchev–Trinajstić information content (AvgIpc) is 3.08. The molecule has 1 aromatic rings. The third kappa shape index (κ3) is 2.08. The standard InChI is InChI=1S/C12H13Cl2N3O/c13-10-9(11(14)16-5-15-10)17-12(18)8-6-3-1-2-4-7(6)8/h5-8H,1-4H2,(H,17,18). The van der Waals surface area contributed by atoms with Crippen LogP contribution in [0.1, 0.15) is 25.7 Å². The number of hydrogen-bond acceptors (Lipinski definition) is 3. The van der Waals surface area contributed by atoms with Gasteiger partial charge in [-0.05, 0) is 24.7 Å². The van der Waals surface area contributed by atoms with E-state index in [0.717, 1.165) is 12.8 Å². The van der Waals surface area contributed by atoms with Gasteiger partial charge in [0.15, 0.2) is 10.3 Å². The summed E-state index contributed by atoms with van der Waals surface area (Å²) in [4.78, 5) is 19.8. The number of carbonyl (C=O) groups excluding carboxylic acids is 1. The van der Waals surface area contributed by atoms with Crippen molar-refractivity contribution in [2.45, 2.75) is 25.7 Å². The summed E-state index contributed by atoms with van der Waals surface area (Å²) in [6.45, 7) is 0. The molecule has 1 aromatic heterocycles. The number of fused-ring (bicyclic) bond motifs is 1. The fourth-order valence-corrected chi connectivity index (χ4v) is 3.44. The maximum Gasteiger partial charge on any atom is 0.228 e. The molecule has 6 heteroatoms. The molecular weight excluding hydrogens is 273 g/mol. The predicted octanol–water partition coefficient (Wildman–Crippen LogP) is 3.16. The maximum atomic E-state index is 12.2. The zero-order valence-corrected chi connectivity index (χ0v) is 11.2. The van der Waals surface area contributed by atoms with Crippen molar-refractivity contribution >= 4 is 34.8 Å². The molecule has 2 aliphatic rings. The first-order valence-electron chi connectivity index (χ1n) is 6.15. The minimum Gasteiger partial charge on any atom is -0.321 e. The molecule has 0 radical (unpaired) electrons. The molecule has 0 bridgehead atoms. The molecule has 1 N–H and O–H groups in total. The first-order valence-corrected chi connectivity index (χ1v) is 6.91. The monoisotopic (exact) mass is 285 g/mol. The van der Waals surface area contributed by atoms with Crippen molar-refractivity contribution in [1.82, 2.24) is 9.97 Å². The lowest BCUT2D eigenvalue weighted by atomic mass is 10.0. The summed E-state index contributed by atoms with van der Waals surface area (Å²) in [5.41, 5.74) is 0.328. The highest BCUT2D eigenvalue weighted by molar-refractivity contribution is 6.38. The van der Waals surface area contributed by atoms with Gasteiger partial charge in [-0.3, -0.25) is 4.79 Å². The molecule has 2 unspecified atom stereocenters. The van der Waals surface area contributed by atoms with Crippen LogP contribution in [0.2, 0.25) is 10.3 Å². The molecule has 96 valence electrons. The van der Waals surface area contributed by atoms with Gasteiger partial charge in [0.05, 0.1) is 0 Å². The van der Waals surface area contributed by atoms with Crippen LogP contribution in [0.5, 0.6) is 0 Å². The number of halogens is 2. The Morgan fingerprint density at radius 2 is 1.72 bits per heavy atom. The van der Waals surface area contributed by atoms with Crippen LogP contribution in [0.25, 0.3) is 0 Å². The topological polar surface area (TPSA) is 54.9 Å². The van der Waals surface area contributed by atoms with Gasteiger partial charge in [0, 0.05) is 5.92 Å². The number of anilines is 1. The van der Waals surface area contributed by atoms with Crippen molar-refractivity contribution in [2.75, 3.05) is 5.32 Å². The van der Waals surface area contributed by atoms with Crippen LogP contribution in [0.4, 0.5) is 5.69 Å². The second-order valence-corrected chi connectivity index (χ2v) is 5.67. The second-order valence-electron chi connectivity index (χ2n) is 4.96. The van der Waals surface area contributed by atoms with Gasteiger partial charge in [0.25, 0.3) is 0 Å². The van der Waals surface area contributed by atoms with Gasteiger partial charge in [-0.2, -0.15) is 0 Å². The van der Waals surface area contributed by atoms with E-state index in [9.17, 15) is 4.79 Å². The summed E-state index contributed by atoms with van der Waals surface area (Å²) in [5, 5.41) is 3.14. The van der Waals surface area contributed by atoms with Gasteiger partial charge in [0.2, 0.25) is 5.91 Å². The molecule has 2 fully saturated rings. The van der Waals surface area contributed by atoms with Crippen LogP contribution < -0.4 is 5.32 Å². The van der Waals surface area contributed by atoms with E-state index in [1.54, 1.807) is 0 Å². The van der Waals surface area contributed by atoms with E-state index in [1.807, 2.05) is 0 Å². The van der Waals surface area contributed by atoms with E-state index in [0.29, 0.717) is 17.5 Å². The molecule has 1 heterocycles. The largest absolute Gasteiger partial charge is 0.321 e. The summed E-state index contributed by atoms with van der Waals surface area (Å²) in [6.07, 6.45) is 6.07. The normalized spacial score (nSPS) is 29.6. The van der Waals surface area contributed by atoms with E-state index in [-0.39, 0.29) is 22.1 Å². The summed E-state index contributed by atoms with van der Waals surface area (Å²) >= 11 is 11.8. The Bertz CT molecular complexity index is 462. The molecule has 0 aromatic carbocycles. The Labute approximate surface area is 115 Å². The fourth-order valence-electron chi connectivity index (χ4n) is 3.04. The fraction of sp³-hybridized carbons (Fsp3) is 0.583. The Morgan fingerprint density at radius 3 is 2.28 bits per heavy atom. The number of nitrogens with zero attached hydrogens (tertiary/aromatic N) is 2. The summed E-state index contributed by atoms with van der Waals surface area (Å²) in [7, 11) is 0. The number of aromatic nitrogens is 2. The van der Waals surface area contributed by atoms with Crippen molar-refractivity contribution in [3.8, 4) is 0 Å². The van der Waals surface area contributed by atoms with Crippen molar-refractivity contribution in [3.05, 3.63) is 16.6 Å². The van der Waals surface area contributed by atoms with E-state index < -0.39 is 0 Å². The van der Waals surface area contributed by atoms with Gasteiger partial charge < -0.3 is 5.32 Å². The van der Waals surface area contributed by atoms with Gasteiger partial charge in [-0.15, -0.1) is 0 Å². The number of hydrogen-bond donors (Lipinski definition) is 1. The van der Waals surface area contributed by atoms with Gasteiger partial charge >= 0.3 is 0 Å². The minimum atomic E-state index is 0.00509. The van der Waals surface area contributed by atoms with Gasteiger partial charge in [-0.1, -0.05) is 36.0 Å². The number of carbonyl (C=O) groups is 1. The summed E-state index contributed by atoms with van der Waals surface area (Å²) < 4.78 is 0. The van der Waals surface area contributed by atoms with Crippen molar-refractivity contribution in [2.24, 2.45) is 17.8 Å². The second kappa shape index (κ2) is 4.67. The summed E-state index contributed by atoms with van der Waals surface area (Å²) in [5.74, 6) is 1.24. The van der Waals surface area contributed by atoms with Crippen LogP contribution in [-0.2, 0) is 4.79 Å². The zero-order chi connectivity index (χ0) is 12.7. The third-order valence-corrected chi connectivity index (χ3v) is 4.54. The van der Waals surface area contributed by atoms with Crippen LogP contribution in [0.15, 0.2) is 6.33 Å². The highest BCUT2D eigenvalue weighted by atomic mass is 35.5. The SMILES string of the molecule is O=C(Nc1c(Cl)ncnc1Cl)C1C2CCCCC21. The maximum absolute atomic E-state index is 12.2. The molecule has 2 saturated carbocycles. The Kier molecular flexibility index (Phi) is 3.16. The lowest BCUT2D eigenvalue weighted by Crippen LogP contribution is -2.16. The third-order valence-electron chi connectivity index (χ3n) is 3.96. The Morgan fingerprint density at radius 1 is 1.17 bits per heavy atom. The molecule has 18 heavy (non-hydrogen) atoms. The highest BCUT2D eigenvalue weighted by Crippen LogP contribution is 2.55. The minimum absolute atomic E-state index is 0.00509. The first kappa shape index (κ1) is 12.2. The molecule has 2 aliphatic carbocycles. The molecule has 1 amide bonds. The smallest absolute Gasteiger partial charge is 0.228 e. The van der Waals surface area contributed by atoms with Crippen LogP contribution in [0, 0.1) is 17.8 Å². The van der Waals surface area contributed by atoms with E-state index >= 15 is 0 Å². The van der Waals surface area contributed by atoms with Crippen LogP contribution in [0.3, 0.4) is 0 Å². The quantitative estimate of drug-likeness (QED) is 0.850. The predicted molar refractivity (Wildman–Crippen MR) is 69.6 cm³/mol. The first-order chi connectivity index (χ1) is 8.68. The lowest BCUT2D eigenvalue weighted by molar-refractivity contribution is -0.117. The average molecular weight is 286 g/mol. The highest BCUT2D eigenvalue weighted by Gasteiger charge is 2.54. The Balaban J connectivity index is 1.72. The lowest BCUT2D eigenvalue weighted by Gasteiger charge is -2.07. The van der Waals surface area contributed by atoms with E-state index in [1.165, 1.54) is 19.2 Å². The number of amides is 1. The summed E-state index contributed by atoms with van der Waals surface area (Å²) in [6, 6.07) is 0. The van der Waals surface area contributed by atoms with Gasteiger partial charge in [-0.25, -0.2) is 9.97 Å². The number of rotatable bonds is 2. The van der Waals surface area contributed by atoms with Crippen molar-refractivity contribution < 1.29 is 4.79 Å². The molecule has 0 spiro atoms. The molecule has 2 atom stereocenters. The van der Waals surface area contributed by atoms with E-state index in [2.05, 4.69) is 15.3 Å². The van der Waals surface area contributed by atoms with Crippen LogP contribution >= 0.6 is 23.2 Å². The van der Waals surface area contributed by atoms with Gasteiger partial charge in [0.1, 0.15) is 12.0 Å². The van der Waals surface area contributed by atoms with Crippen molar-refractivity contribution in [3.63, 3.8) is 0 Å². The Hall–Kier alpha value is -0.870.